The van der Waals surface area contributed by atoms with Gasteiger partial charge in [-0.2, -0.15) is 0 Å². The fourth-order valence-corrected chi connectivity index (χ4v) is 1.64. The Morgan fingerprint density at radius 2 is 1.93 bits per heavy atom. The van der Waals surface area contributed by atoms with E-state index in [1.807, 2.05) is 13.8 Å². The van der Waals surface area contributed by atoms with Gasteiger partial charge >= 0.3 is 0 Å². The number of hydrogen-bond donors (Lipinski definition) is 1. The molecule has 0 fully saturated rings. The fraction of sp³-hybridized carbons (Fsp3) is 0.429. The molecule has 1 aromatic carbocycles. The zero-order valence-electron chi connectivity index (χ0n) is 10.0. The first-order chi connectivity index (χ1) is 7.40. The highest BCUT2D eigenvalue weighted by Crippen LogP contribution is 2.15. The number of fused-ring (bicyclic) bond motifs is 1. The van der Waals surface area contributed by atoms with Gasteiger partial charge in [0.05, 0.1) is 0 Å². The average Bonchev–Trinajstić information content (AvgIpc) is 2.71. The molecular formula is C14H23N. The molecule has 2 rings (SSSR count). The van der Waals surface area contributed by atoms with Crippen LogP contribution in [0.2, 0.25) is 0 Å². The molecule has 0 saturated heterocycles. The largest absolute Gasteiger partial charge is 0.358 e. The molecule has 2 aromatic rings. The molecule has 0 amide bonds. The van der Waals surface area contributed by atoms with E-state index in [0.717, 1.165) is 0 Å². The van der Waals surface area contributed by atoms with Gasteiger partial charge in [0.15, 0.2) is 0 Å². The summed E-state index contributed by atoms with van der Waals surface area (Å²) in [6, 6.07) is 10.7. The van der Waals surface area contributed by atoms with Gasteiger partial charge in [-0.3, -0.25) is 0 Å². The topological polar surface area (TPSA) is 15.8 Å². The predicted octanol–water partition coefficient (Wildman–Crippen LogP) is 4.78. The van der Waals surface area contributed by atoms with E-state index in [0.29, 0.717) is 0 Å². The van der Waals surface area contributed by atoms with Gasteiger partial charge < -0.3 is 4.98 Å². The maximum absolute atomic E-state index is 3.43. The summed E-state index contributed by atoms with van der Waals surface area (Å²) in [5, 5.41) is 1.33. The Kier molecular flexibility index (Phi) is 4.96. The molecule has 1 aromatic heterocycles. The number of para-hydroxylation sites is 1. The second-order valence-corrected chi connectivity index (χ2v) is 3.49. The second kappa shape index (κ2) is 6.28. The number of nitrogens with one attached hydrogen (secondary N) is 1. The second-order valence-electron chi connectivity index (χ2n) is 3.49. The van der Waals surface area contributed by atoms with Gasteiger partial charge in [-0.25, -0.2) is 0 Å². The van der Waals surface area contributed by atoms with Crippen LogP contribution in [0.4, 0.5) is 0 Å². The van der Waals surface area contributed by atoms with Gasteiger partial charge in [0.2, 0.25) is 0 Å². The Bertz CT molecular complexity index is 359. The lowest BCUT2D eigenvalue weighted by atomic mass is 10.2. The van der Waals surface area contributed by atoms with Crippen molar-refractivity contribution in [1.82, 2.24) is 4.98 Å². The zero-order chi connectivity index (χ0) is 11.1. The van der Waals surface area contributed by atoms with Crippen LogP contribution in [-0.4, -0.2) is 4.98 Å². The Hall–Kier alpha value is -1.24. The fourth-order valence-electron chi connectivity index (χ4n) is 1.64. The first kappa shape index (κ1) is 11.8. The van der Waals surface area contributed by atoms with Crippen molar-refractivity contribution < 1.29 is 1.43 Å². The number of aromatic amines is 1. The van der Waals surface area contributed by atoms with Crippen molar-refractivity contribution in [3.8, 4) is 0 Å². The van der Waals surface area contributed by atoms with E-state index in [4.69, 9.17) is 0 Å². The quantitative estimate of drug-likeness (QED) is 0.742. The summed E-state index contributed by atoms with van der Waals surface area (Å²) in [6.07, 6.45) is 3.70. The van der Waals surface area contributed by atoms with Crippen LogP contribution in [0.3, 0.4) is 0 Å². The van der Waals surface area contributed by atoms with Gasteiger partial charge in [0, 0.05) is 12.6 Å². The molecular weight excluding hydrogens is 182 g/mol. The molecule has 0 aliphatic heterocycles. The van der Waals surface area contributed by atoms with Crippen LogP contribution in [0.15, 0.2) is 30.3 Å². The summed E-state index contributed by atoms with van der Waals surface area (Å²) in [5.41, 5.74) is 2.62. The van der Waals surface area contributed by atoms with E-state index in [2.05, 4.69) is 42.2 Å². The van der Waals surface area contributed by atoms with Crippen LogP contribution in [-0.2, 0) is 6.42 Å². The van der Waals surface area contributed by atoms with Gasteiger partial charge in [0.25, 0.3) is 0 Å². The van der Waals surface area contributed by atoms with E-state index < -0.39 is 0 Å². The van der Waals surface area contributed by atoms with Gasteiger partial charge in [0.1, 0.15) is 0 Å². The third-order valence-corrected chi connectivity index (χ3v) is 2.39. The van der Waals surface area contributed by atoms with E-state index in [-0.39, 0.29) is 1.43 Å². The Morgan fingerprint density at radius 1 is 1.20 bits per heavy atom. The van der Waals surface area contributed by atoms with Crippen molar-refractivity contribution in [3.63, 3.8) is 0 Å². The molecule has 0 aliphatic rings. The van der Waals surface area contributed by atoms with Crippen molar-refractivity contribution in [2.45, 2.75) is 40.0 Å². The van der Waals surface area contributed by atoms with Crippen LogP contribution < -0.4 is 0 Å². The Morgan fingerprint density at radius 3 is 2.60 bits per heavy atom. The highest BCUT2D eigenvalue weighted by Gasteiger charge is 1.98. The number of benzene rings is 1. The van der Waals surface area contributed by atoms with E-state index in [9.17, 15) is 0 Å². The Balaban J connectivity index is 0.000000711. The molecule has 0 unspecified atom stereocenters. The van der Waals surface area contributed by atoms with Gasteiger partial charge in [-0.15, -0.1) is 0 Å². The van der Waals surface area contributed by atoms with Crippen LogP contribution in [0, 0.1) is 0 Å². The van der Waals surface area contributed by atoms with Crippen LogP contribution >= 0.6 is 0 Å². The summed E-state index contributed by atoms with van der Waals surface area (Å²) in [6.45, 7) is 6.22. The third kappa shape index (κ3) is 3.12. The van der Waals surface area contributed by atoms with Gasteiger partial charge in [-0.1, -0.05) is 45.4 Å². The summed E-state index contributed by atoms with van der Waals surface area (Å²) in [5.74, 6) is 0. The van der Waals surface area contributed by atoms with Crippen molar-refractivity contribution in [1.29, 1.82) is 0 Å². The summed E-state index contributed by atoms with van der Waals surface area (Å²) in [7, 11) is 0. The lowest BCUT2D eigenvalue weighted by molar-refractivity contribution is 0.782. The van der Waals surface area contributed by atoms with Crippen molar-refractivity contribution in [2.75, 3.05) is 0 Å². The zero-order valence-corrected chi connectivity index (χ0v) is 10.0. The minimum Gasteiger partial charge on any atom is -0.358 e. The van der Waals surface area contributed by atoms with Crippen LogP contribution in [0.25, 0.3) is 10.9 Å². The summed E-state index contributed by atoms with van der Waals surface area (Å²) in [4.78, 5) is 3.43. The Labute approximate surface area is 94.0 Å². The molecule has 15 heavy (non-hydrogen) atoms. The highest BCUT2D eigenvalue weighted by molar-refractivity contribution is 5.80. The average molecular weight is 205 g/mol. The maximum Gasteiger partial charge on any atom is 0.0456 e. The predicted molar refractivity (Wildman–Crippen MR) is 70.4 cm³/mol. The molecule has 0 atom stereocenters. The van der Waals surface area contributed by atoms with Crippen molar-refractivity contribution in [2.24, 2.45) is 0 Å². The molecule has 1 nitrogen and oxygen atoms in total. The smallest absolute Gasteiger partial charge is 0.0456 e. The minimum absolute atomic E-state index is 0. The molecule has 0 saturated carbocycles. The first-order valence-corrected chi connectivity index (χ1v) is 5.97. The number of unbranched alkanes of at least 4 members (excludes halogenated alkanes) is 1. The van der Waals surface area contributed by atoms with E-state index >= 15 is 0 Å². The molecule has 1 heteroatoms. The molecule has 0 bridgehead atoms. The molecule has 1 heterocycles. The molecule has 84 valence electrons. The molecule has 0 spiro atoms. The lowest BCUT2D eigenvalue weighted by Crippen LogP contribution is -1.82. The van der Waals surface area contributed by atoms with Crippen molar-refractivity contribution in [3.05, 3.63) is 36.0 Å². The third-order valence-electron chi connectivity index (χ3n) is 2.39. The standard InChI is InChI=1S/C12H15N.C2H6.H2/c1-2-3-7-11-9-10-6-4-5-8-12(10)13-11;1-2;/h4-6,8-9,13H,2-3,7H2,1H3;1-2H3;1H. The molecule has 0 radical (unpaired) electrons. The first-order valence-electron chi connectivity index (χ1n) is 5.97. The number of aryl methyl sites for hydroxylation is 1. The van der Waals surface area contributed by atoms with E-state index in [1.54, 1.807) is 0 Å². The number of H-pyrrole nitrogens is 1. The van der Waals surface area contributed by atoms with Crippen molar-refractivity contribution >= 4 is 10.9 Å². The van der Waals surface area contributed by atoms with Gasteiger partial charge in [-0.05, 0) is 30.4 Å². The van der Waals surface area contributed by atoms with E-state index in [1.165, 1.54) is 35.9 Å². The maximum atomic E-state index is 3.43. The number of rotatable bonds is 3. The highest BCUT2D eigenvalue weighted by atomic mass is 14.7. The summed E-state index contributed by atoms with van der Waals surface area (Å²) < 4.78 is 0. The van der Waals surface area contributed by atoms with Crippen LogP contribution in [0.1, 0.15) is 40.7 Å². The monoisotopic (exact) mass is 205 g/mol. The van der Waals surface area contributed by atoms with Crippen LogP contribution in [0.5, 0.6) is 0 Å². The SMILES string of the molecule is CC.CCCCc1cc2ccccc2[nH]1.[HH]. The normalized spacial score (nSPS) is 9.80. The number of aromatic nitrogens is 1. The number of hydrogen-bond acceptors (Lipinski definition) is 0. The minimum atomic E-state index is 0. The molecule has 1 N–H and O–H groups in total. The molecule has 0 aliphatic carbocycles. The summed E-state index contributed by atoms with van der Waals surface area (Å²) >= 11 is 0. The lowest BCUT2D eigenvalue weighted by Gasteiger charge is -1.92.